The monoisotopic (exact) mass is 573 g/mol. The second kappa shape index (κ2) is 8.31. The lowest BCUT2D eigenvalue weighted by Gasteiger charge is -2.09. The van der Waals surface area contributed by atoms with Crippen molar-refractivity contribution < 1.29 is 8.83 Å². The Hall–Kier alpha value is -6.06. The van der Waals surface area contributed by atoms with E-state index >= 15 is 0 Å². The van der Waals surface area contributed by atoms with E-state index in [0.29, 0.717) is 0 Å². The molecule has 4 aromatic heterocycles. The Morgan fingerprint density at radius 2 is 0.978 bits per heavy atom. The van der Waals surface area contributed by atoms with E-state index in [0.717, 1.165) is 55.0 Å². The highest BCUT2D eigenvalue weighted by molar-refractivity contribution is 6.26. The van der Waals surface area contributed by atoms with Crippen LogP contribution in [0.15, 0.2) is 148 Å². The predicted molar refractivity (Wildman–Crippen MR) is 187 cm³/mol. The quantitative estimate of drug-likeness (QED) is 0.206. The molecule has 0 amide bonds. The molecule has 0 unspecified atom stereocenters. The zero-order valence-corrected chi connectivity index (χ0v) is 24.0. The summed E-state index contributed by atoms with van der Waals surface area (Å²) in [4.78, 5) is 0. The molecule has 0 aliphatic carbocycles. The number of furan rings is 2. The summed E-state index contributed by atoms with van der Waals surface area (Å²) >= 11 is 0. The van der Waals surface area contributed by atoms with Crippen molar-refractivity contribution in [1.29, 1.82) is 0 Å². The minimum absolute atomic E-state index is 0.911. The highest BCUT2D eigenvalue weighted by Gasteiger charge is 2.22. The topological polar surface area (TPSA) is 30.7 Å². The summed E-state index contributed by atoms with van der Waals surface area (Å²) in [6.45, 7) is 0. The van der Waals surface area contributed by atoms with Crippen LogP contribution in [-0.2, 0) is 0 Å². The first-order chi connectivity index (χ1) is 22.3. The van der Waals surface area contributed by atoms with Crippen molar-refractivity contribution in [3.63, 3.8) is 0 Å². The molecule has 11 rings (SSSR count). The van der Waals surface area contributed by atoms with Crippen LogP contribution in [0.4, 0.5) is 0 Å². The molecule has 0 N–H and O–H groups in total. The summed E-state index contributed by atoms with van der Waals surface area (Å²) < 4.78 is 15.2. The third-order valence-electron chi connectivity index (χ3n) is 9.75. The first-order valence-electron chi connectivity index (χ1n) is 15.4. The first kappa shape index (κ1) is 23.4. The maximum Gasteiger partial charge on any atom is 0.143 e. The zero-order valence-electron chi connectivity index (χ0n) is 24.0. The number of fused-ring (bicyclic) bond motifs is 12. The summed E-state index contributed by atoms with van der Waals surface area (Å²) in [7, 11) is 0. The van der Waals surface area contributed by atoms with E-state index in [1.807, 2.05) is 18.2 Å². The lowest BCUT2D eigenvalue weighted by Crippen LogP contribution is -1.87. The van der Waals surface area contributed by atoms with Crippen LogP contribution < -0.4 is 0 Å². The van der Waals surface area contributed by atoms with Gasteiger partial charge < -0.3 is 13.2 Å². The minimum atomic E-state index is 0.911. The molecule has 3 heteroatoms. The number of nitrogens with zero attached hydrogens (tertiary/aromatic N) is 1. The van der Waals surface area contributed by atoms with Crippen LogP contribution in [0, 0.1) is 0 Å². The lowest BCUT2D eigenvalue weighted by atomic mass is 9.96. The first-order valence-corrected chi connectivity index (χ1v) is 15.4. The molecule has 0 atom stereocenters. The van der Waals surface area contributed by atoms with Crippen LogP contribution >= 0.6 is 0 Å². The maximum atomic E-state index is 6.43. The van der Waals surface area contributed by atoms with Crippen molar-refractivity contribution >= 4 is 82.0 Å². The second-order valence-electron chi connectivity index (χ2n) is 12.0. The summed E-state index contributed by atoms with van der Waals surface area (Å²) in [6, 6.07) is 49.8. The van der Waals surface area contributed by atoms with Gasteiger partial charge in [0.25, 0.3) is 0 Å². The lowest BCUT2D eigenvalue weighted by molar-refractivity contribution is 0.669. The molecule has 0 aliphatic heterocycles. The smallest absolute Gasteiger partial charge is 0.143 e. The van der Waals surface area contributed by atoms with Gasteiger partial charge in [0.15, 0.2) is 0 Å². The molecular formula is C42H23NO2. The van der Waals surface area contributed by atoms with E-state index in [-0.39, 0.29) is 0 Å². The molecule has 0 saturated carbocycles. The Balaban J connectivity index is 1.24. The van der Waals surface area contributed by atoms with Crippen LogP contribution in [0.5, 0.6) is 0 Å². The number of benzene rings is 7. The molecule has 3 nitrogen and oxygen atoms in total. The second-order valence-corrected chi connectivity index (χ2v) is 12.0. The SMILES string of the molecule is c1ccc2c(c1)oc1c(-c3ccc4c(c3)c3cccc5c6cccc(-c7cccc8oc9ccccc9c78)c6n4c35)cccc12. The van der Waals surface area contributed by atoms with Gasteiger partial charge in [-0.1, -0.05) is 109 Å². The average Bonchev–Trinajstić information content (AvgIpc) is 3.84. The highest BCUT2D eigenvalue weighted by Crippen LogP contribution is 2.46. The molecular weight excluding hydrogens is 550 g/mol. The van der Waals surface area contributed by atoms with E-state index in [9.17, 15) is 0 Å². The average molecular weight is 574 g/mol. The fourth-order valence-corrected chi connectivity index (χ4v) is 7.88. The summed E-state index contributed by atoms with van der Waals surface area (Å²) in [5.41, 5.74) is 12.0. The summed E-state index contributed by atoms with van der Waals surface area (Å²) in [6.07, 6.45) is 0. The Labute approximate surface area is 256 Å². The normalized spacial score (nSPS) is 12.4. The molecule has 0 radical (unpaired) electrons. The van der Waals surface area contributed by atoms with E-state index in [4.69, 9.17) is 8.83 Å². The van der Waals surface area contributed by atoms with Crippen molar-refractivity contribution in [2.24, 2.45) is 0 Å². The van der Waals surface area contributed by atoms with Crippen LogP contribution in [0.2, 0.25) is 0 Å². The minimum Gasteiger partial charge on any atom is -0.456 e. The van der Waals surface area contributed by atoms with Crippen molar-refractivity contribution in [1.82, 2.24) is 4.40 Å². The van der Waals surface area contributed by atoms with Crippen LogP contribution in [0.1, 0.15) is 0 Å². The Morgan fingerprint density at radius 3 is 1.84 bits per heavy atom. The number of hydrogen-bond acceptors (Lipinski definition) is 2. The van der Waals surface area contributed by atoms with Crippen molar-refractivity contribution in [3.8, 4) is 22.3 Å². The van der Waals surface area contributed by atoms with E-state index < -0.39 is 0 Å². The Bertz CT molecular complexity index is 2990. The van der Waals surface area contributed by atoms with E-state index in [2.05, 4.69) is 126 Å². The predicted octanol–water partition coefficient (Wildman–Crippen LogP) is 12.0. The van der Waals surface area contributed by atoms with Crippen molar-refractivity contribution in [2.45, 2.75) is 0 Å². The molecule has 0 aliphatic rings. The standard InChI is InChI=1S/C42H23NO2/c1-3-18-36-26(9-1)32-17-5-11-25(42(32)45-36)24-21-22-35-34(23-24)31-16-7-15-30-29-14-6-13-28(40(29)43(35)41(30)31)27-12-8-20-38-39(27)33-10-2-4-19-37(33)44-38/h1-23H. The Kier molecular flexibility index (Phi) is 4.32. The number of aromatic nitrogens is 1. The highest BCUT2D eigenvalue weighted by atomic mass is 16.3. The van der Waals surface area contributed by atoms with Gasteiger partial charge in [0, 0.05) is 54.2 Å². The van der Waals surface area contributed by atoms with Crippen molar-refractivity contribution in [3.05, 3.63) is 140 Å². The van der Waals surface area contributed by atoms with Gasteiger partial charge >= 0.3 is 0 Å². The van der Waals surface area contributed by atoms with Crippen LogP contribution in [0.3, 0.4) is 0 Å². The summed E-state index contributed by atoms with van der Waals surface area (Å²) in [5.74, 6) is 0. The maximum absolute atomic E-state index is 6.43. The molecule has 11 aromatic rings. The van der Waals surface area contributed by atoms with Crippen LogP contribution in [-0.4, -0.2) is 4.40 Å². The third kappa shape index (κ3) is 2.95. The van der Waals surface area contributed by atoms with Gasteiger partial charge in [0.1, 0.15) is 22.3 Å². The number of para-hydroxylation sites is 5. The summed E-state index contributed by atoms with van der Waals surface area (Å²) in [5, 5.41) is 9.63. The van der Waals surface area contributed by atoms with Crippen molar-refractivity contribution in [2.75, 3.05) is 0 Å². The number of hydrogen-bond donors (Lipinski definition) is 0. The molecule has 208 valence electrons. The van der Waals surface area contributed by atoms with Gasteiger partial charge in [-0.25, -0.2) is 0 Å². The fourth-order valence-electron chi connectivity index (χ4n) is 7.88. The molecule has 0 fully saturated rings. The molecule has 0 spiro atoms. The van der Waals surface area contributed by atoms with Gasteiger partial charge in [-0.15, -0.1) is 0 Å². The van der Waals surface area contributed by atoms with Gasteiger partial charge in [0.05, 0.1) is 16.6 Å². The van der Waals surface area contributed by atoms with E-state index in [1.165, 1.54) is 49.2 Å². The molecule has 0 saturated heterocycles. The largest absolute Gasteiger partial charge is 0.456 e. The molecule has 45 heavy (non-hydrogen) atoms. The van der Waals surface area contributed by atoms with Crippen LogP contribution in [0.25, 0.3) is 104 Å². The van der Waals surface area contributed by atoms with Gasteiger partial charge in [-0.2, -0.15) is 0 Å². The van der Waals surface area contributed by atoms with E-state index in [1.54, 1.807) is 0 Å². The molecule has 4 heterocycles. The molecule has 7 aromatic carbocycles. The van der Waals surface area contributed by atoms with Gasteiger partial charge in [-0.3, -0.25) is 0 Å². The Morgan fingerprint density at radius 1 is 0.378 bits per heavy atom. The number of rotatable bonds is 2. The zero-order chi connectivity index (χ0) is 29.2. The molecule has 0 bridgehead atoms. The van der Waals surface area contributed by atoms with Gasteiger partial charge in [0.2, 0.25) is 0 Å². The van der Waals surface area contributed by atoms with Gasteiger partial charge in [-0.05, 0) is 41.5 Å². The fraction of sp³-hybridized carbons (Fsp3) is 0. The third-order valence-corrected chi connectivity index (χ3v) is 9.75.